The van der Waals surface area contributed by atoms with Crippen molar-refractivity contribution in [2.45, 2.75) is 34.9 Å². The zero-order valence-electron chi connectivity index (χ0n) is 35.5. The second kappa shape index (κ2) is 19.5. The Morgan fingerprint density at radius 3 is 1.89 bits per heavy atom. The highest BCUT2D eigenvalue weighted by molar-refractivity contribution is 8.06. The number of esters is 1. The van der Waals surface area contributed by atoms with E-state index in [-0.39, 0.29) is 22.9 Å². The number of aromatic nitrogens is 1. The number of nitrogens with one attached hydrogen (secondary N) is 2. The van der Waals surface area contributed by atoms with Crippen molar-refractivity contribution >= 4 is 63.5 Å². The Hall–Kier alpha value is -7.20. The molecule has 7 aromatic rings. The average Bonchev–Trinajstić information content (AvgIpc) is 3.82. The molecule has 2 atom stereocenters. The van der Waals surface area contributed by atoms with Crippen molar-refractivity contribution in [1.29, 1.82) is 0 Å². The first-order valence-electron chi connectivity index (χ1n) is 20.8. The molecule has 15 heteroatoms. The number of β-lactam (4-membered cyclic amide) rings is 1. The van der Waals surface area contributed by atoms with Crippen molar-refractivity contribution in [3.8, 4) is 0 Å². The van der Waals surface area contributed by atoms with E-state index < -0.39 is 46.5 Å². The molecule has 2 amide bonds. The third kappa shape index (κ3) is 8.92. The molecule has 1 fully saturated rings. The van der Waals surface area contributed by atoms with E-state index in [0.717, 1.165) is 27.8 Å². The lowest BCUT2D eigenvalue weighted by Gasteiger charge is -2.49. The van der Waals surface area contributed by atoms with Gasteiger partial charge in [0.25, 0.3) is 11.8 Å². The molecule has 0 aliphatic carbocycles. The predicted octanol–water partition coefficient (Wildman–Crippen LogP) is 8.90. The number of oxime groups is 1. The monoisotopic (exact) mass is 931 g/mol. The number of carbonyl (C=O) groups is 3. The van der Waals surface area contributed by atoms with Crippen molar-refractivity contribution < 1.29 is 28.4 Å². The molecule has 4 heterocycles. The van der Waals surface area contributed by atoms with Gasteiger partial charge in [-0.05, 0) is 40.8 Å². The van der Waals surface area contributed by atoms with E-state index in [2.05, 4.69) is 52.2 Å². The van der Waals surface area contributed by atoms with Crippen LogP contribution in [-0.2, 0) is 29.5 Å². The van der Waals surface area contributed by atoms with Crippen LogP contribution >= 0.6 is 34.9 Å². The first-order valence-corrected chi connectivity index (χ1v) is 23.6. The number of carbonyl (C=O) groups excluding carboxylic acids is 3. The summed E-state index contributed by atoms with van der Waals surface area (Å²) < 4.78 is 11.5. The van der Waals surface area contributed by atoms with Gasteiger partial charge in [0.15, 0.2) is 16.9 Å². The largest absolute Gasteiger partial charge is 0.448 e. The van der Waals surface area contributed by atoms with Gasteiger partial charge in [0.05, 0.1) is 0 Å². The minimum atomic E-state index is -1.04. The van der Waals surface area contributed by atoms with Crippen molar-refractivity contribution in [2.75, 3.05) is 18.2 Å². The summed E-state index contributed by atoms with van der Waals surface area (Å²) in [6.45, 7) is 1.66. The van der Waals surface area contributed by atoms with Crippen molar-refractivity contribution in [3.05, 3.63) is 229 Å². The predicted molar refractivity (Wildman–Crippen MR) is 257 cm³/mol. The average molecular weight is 932 g/mol. The van der Waals surface area contributed by atoms with Crippen molar-refractivity contribution in [1.82, 2.24) is 15.2 Å². The van der Waals surface area contributed by atoms with Gasteiger partial charge in [-0.2, -0.15) is 0 Å². The van der Waals surface area contributed by atoms with Crippen LogP contribution in [0.3, 0.4) is 0 Å². The second-order valence-corrected chi connectivity index (χ2v) is 18.3. The van der Waals surface area contributed by atoms with Gasteiger partial charge < -0.3 is 24.6 Å². The van der Waals surface area contributed by atoms with Crippen LogP contribution < -0.4 is 16.3 Å². The summed E-state index contributed by atoms with van der Waals surface area (Å²) in [4.78, 5) is 68.0. The summed E-state index contributed by atoms with van der Waals surface area (Å²) in [5.41, 5.74) is 3.08. The Morgan fingerprint density at radius 2 is 1.36 bits per heavy atom. The Morgan fingerprint density at radius 1 is 0.818 bits per heavy atom. The lowest BCUT2D eigenvalue weighted by Crippen LogP contribution is -2.71. The number of hydrogen-bond donors (Lipinski definition) is 2. The van der Waals surface area contributed by atoms with Gasteiger partial charge in [0, 0.05) is 27.0 Å². The van der Waals surface area contributed by atoms with Crippen LogP contribution in [0.1, 0.15) is 45.4 Å². The summed E-state index contributed by atoms with van der Waals surface area (Å²) in [6.07, 6.45) is -0.798. The van der Waals surface area contributed by atoms with Crippen LogP contribution in [0, 0.1) is 6.92 Å². The number of thiazole rings is 1. The first kappa shape index (κ1) is 44.0. The SMILES string of the molecule is CO/N=C(\C(=O)N[C@@H]1C(=O)N2C(C(=O)OC(c3ccccc3)c3ccccc3)=C(Sc3cc(C)oc(=O)c3)CS[C@H]12)c1csc(NC(c2ccccc2)(c2ccccc2)c2ccccc2)n1. The number of aryl methyl sites for hydroxylation is 1. The number of amides is 2. The van der Waals surface area contributed by atoms with Crippen LogP contribution in [-0.4, -0.2) is 57.7 Å². The van der Waals surface area contributed by atoms with E-state index in [0.29, 0.717) is 20.7 Å². The van der Waals surface area contributed by atoms with E-state index in [9.17, 15) is 19.2 Å². The number of hydrogen-bond acceptors (Lipinski definition) is 13. The zero-order chi connectivity index (χ0) is 45.6. The van der Waals surface area contributed by atoms with Gasteiger partial charge in [-0.1, -0.05) is 169 Å². The van der Waals surface area contributed by atoms with E-state index in [1.807, 2.05) is 115 Å². The van der Waals surface area contributed by atoms with Crippen LogP contribution in [0.15, 0.2) is 199 Å². The van der Waals surface area contributed by atoms with E-state index in [1.54, 1.807) is 18.4 Å². The lowest BCUT2D eigenvalue weighted by atomic mass is 9.77. The zero-order valence-corrected chi connectivity index (χ0v) is 38.0. The molecule has 0 radical (unpaired) electrons. The molecule has 2 aliphatic rings. The van der Waals surface area contributed by atoms with Crippen molar-refractivity contribution in [3.63, 3.8) is 0 Å². The Labute approximate surface area is 392 Å². The lowest BCUT2D eigenvalue weighted by molar-refractivity contribution is -0.154. The van der Waals surface area contributed by atoms with Crippen LogP contribution in [0.5, 0.6) is 0 Å². The van der Waals surface area contributed by atoms with E-state index in [1.165, 1.54) is 52.9 Å². The molecule has 66 heavy (non-hydrogen) atoms. The number of anilines is 1. The molecular weight excluding hydrogens is 891 g/mol. The quantitative estimate of drug-likeness (QED) is 0.0334. The number of thioether (sulfide) groups is 2. The summed E-state index contributed by atoms with van der Waals surface area (Å²) in [5.74, 6) is -1.30. The maximum absolute atomic E-state index is 14.6. The fraction of sp³-hybridized carbons (Fsp3) is 0.137. The number of rotatable bonds is 15. The van der Waals surface area contributed by atoms with Crippen LogP contribution in [0.2, 0.25) is 0 Å². The molecule has 2 aliphatic heterocycles. The maximum atomic E-state index is 14.6. The Bertz CT molecular complexity index is 2850. The number of fused-ring (bicyclic) bond motifs is 1. The molecule has 0 unspecified atom stereocenters. The molecule has 2 aromatic heterocycles. The fourth-order valence-corrected chi connectivity index (χ4v) is 11.4. The van der Waals surface area contributed by atoms with Gasteiger partial charge in [-0.15, -0.1) is 23.1 Å². The summed E-state index contributed by atoms with van der Waals surface area (Å²) in [5, 5.41) is 12.2. The Kier molecular flexibility index (Phi) is 13.0. The highest BCUT2D eigenvalue weighted by Gasteiger charge is 2.55. The fourth-order valence-electron chi connectivity index (χ4n) is 8.07. The number of nitrogens with zero attached hydrogens (tertiary/aromatic N) is 3. The second-order valence-electron chi connectivity index (χ2n) is 15.2. The molecule has 2 N–H and O–H groups in total. The third-order valence-electron chi connectivity index (χ3n) is 11.0. The molecule has 0 saturated carbocycles. The minimum Gasteiger partial charge on any atom is -0.448 e. The molecule has 12 nitrogen and oxygen atoms in total. The van der Waals surface area contributed by atoms with E-state index >= 15 is 0 Å². The van der Waals surface area contributed by atoms with Crippen LogP contribution in [0.4, 0.5) is 5.13 Å². The smallest absolute Gasteiger partial charge is 0.356 e. The number of ether oxygens (including phenoxy) is 1. The van der Waals surface area contributed by atoms with Gasteiger partial charge in [-0.25, -0.2) is 14.6 Å². The first-order chi connectivity index (χ1) is 32.2. The normalized spacial score (nSPS) is 16.0. The van der Waals surface area contributed by atoms with E-state index in [4.69, 9.17) is 19.0 Å². The summed E-state index contributed by atoms with van der Waals surface area (Å²) >= 11 is 3.85. The van der Waals surface area contributed by atoms with Gasteiger partial charge in [0.1, 0.15) is 41.2 Å². The molecule has 1 saturated heterocycles. The standard InChI is InChI=1S/C51H41N5O7S3/c1-32-28-38(29-41(57)62-32)66-40-31-64-48-43(47(59)56(48)44(40)49(60)63-45(33-18-8-3-9-19-33)34-20-10-4-11-21-34)53-46(58)42(55-61-2)39-30-65-50(52-39)54-51(35-22-12-5-13-23-35,36-24-14-6-15-25-36)37-26-16-7-17-27-37/h3-30,43,45,48H,31H2,1-2H3,(H,52,54)(H,53,58)/b55-42-/t43-,48-/m1/s1. The van der Waals surface area contributed by atoms with Gasteiger partial charge in [-0.3, -0.25) is 14.5 Å². The van der Waals surface area contributed by atoms with Gasteiger partial charge in [0.2, 0.25) is 0 Å². The minimum absolute atomic E-state index is 0.0294. The molecule has 0 spiro atoms. The van der Waals surface area contributed by atoms with Crippen LogP contribution in [0.25, 0.3) is 0 Å². The Balaban J connectivity index is 1.000. The summed E-state index contributed by atoms with van der Waals surface area (Å²) in [6, 6.07) is 50.9. The molecule has 9 rings (SSSR count). The highest BCUT2D eigenvalue weighted by atomic mass is 32.2. The molecule has 5 aromatic carbocycles. The van der Waals surface area contributed by atoms with Gasteiger partial charge >= 0.3 is 11.6 Å². The highest BCUT2D eigenvalue weighted by Crippen LogP contribution is 2.46. The molecule has 330 valence electrons. The number of benzene rings is 5. The molecule has 0 bridgehead atoms. The van der Waals surface area contributed by atoms with Crippen molar-refractivity contribution in [2.24, 2.45) is 5.16 Å². The molecular formula is C51H41N5O7S3. The maximum Gasteiger partial charge on any atom is 0.356 e. The topological polar surface area (TPSA) is 152 Å². The summed E-state index contributed by atoms with van der Waals surface area (Å²) in [7, 11) is 1.33. The third-order valence-corrected chi connectivity index (χ3v) is 14.3.